The summed E-state index contributed by atoms with van der Waals surface area (Å²) in [5.41, 5.74) is 9.23. The van der Waals surface area contributed by atoms with E-state index < -0.39 is 0 Å². The van der Waals surface area contributed by atoms with Gasteiger partial charge in [-0.2, -0.15) is 5.10 Å². The second kappa shape index (κ2) is 5.58. The first-order valence-electron chi connectivity index (χ1n) is 6.68. The van der Waals surface area contributed by atoms with Gasteiger partial charge in [0.05, 0.1) is 21.8 Å². The number of nitrogens with two attached hydrogens (primary N) is 1. The lowest BCUT2D eigenvalue weighted by molar-refractivity contribution is 0.708. The summed E-state index contributed by atoms with van der Waals surface area (Å²) in [6.07, 6.45) is 0.698. The zero-order valence-corrected chi connectivity index (χ0v) is 13.1. The Morgan fingerprint density at radius 1 is 1.10 bits per heavy atom. The highest BCUT2D eigenvalue weighted by atomic mass is 35.5. The molecule has 2 aromatic rings. The van der Waals surface area contributed by atoms with E-state index in [0.29, 0.717) is 22.3 Å². The fourth-order valence-electron chi connectivity index (χ4n) is 2.45. The van der Waals surface area contributed by atoms with Crippen molar-refractivity contribution in [3.63, 3.8) is 0 Å². The van der Waals surface area contributed by atoms with Gasteiger partial charge < -0.3 is 5.73 Å². The number of hydrogen-bond donors (Lipinski definition) is 1. The van der Waals surface area contributed by atoms with Gasteiger partial charge >= 0.3 is 0 Å². The third-order valence-corrected chi connectivity index (χ3v) is 4.30. The van der Waals surface area contributed by atoms with E-state index in [1.807, 2.05) is 17.1 Å². The van der Waals surface area contributed by atoms with Crippen molar-refractivity contribution in [2.24, 2.45) is 10.8 Å². The molecule has 1 heterocycles. The Labute approximate surface area is 134 Å². The van der Waals surface area contributed by atoms with Gasteiger partial charge in [0, 0.05) is 6.42 Å². The fraction of sp³-hybridized carbons (Fsp3) is 0.188. The standard InChI is InChI=1S/C16H15Cl2N3/c1-10-2-4-11(5-3-10)15-9-16(19)20-21(15)12-6-7-13(17)14(18)8-12/h2-8,15H,9H2,1H3,(H2,19,20). The van der Waals surface area contributed by atoms with Crippen molar-refractivity contribution in [1.29, 1.82) is 0 Å². The summed E-state index contributed by atoms with van der Waals surface area (Å²) >= 11 is 12.1. The fourth-order valence-corrected chi connectivity index (χ4v) is 2.74. The normalized spacial score (nSPS) is 18.0. The molecule has 3 nitrogen and oxygen atoms in total. The van der Waals surface area contributed by atoms with Gasteiger partial charge in [-0.1, -0.05) is 53.0 Å². The van der Waals surface area contributed by atoms with Crippen molar-refractivity contribution < 1.29 is 0 Å². The van der Waals surface area contributed by atoms with Crippen LogP contribution in [0.3, 0.4) is 0 Å². The Bertz CT molecular complexity index is 695. The summed E-state index contributed by atoms with van der Waals surface area (Å²) in [6, 6.07) is 14.0. The van der Waals surface area contributed by atoms with Gasteiger partial charge in [0.15, 0.2) is 0 Å². The predicted molar refractivity (Wildman–Crippen MR) is 89.1 cm³/mol. The number of rotatable bonds is 2. The van der Waals surface area contributed by atoms with Crippen LogP contribution in [-0.4, -0.2) is 5.84 Å². The second-order valence-electron chi connectivity index (χ2n) is 5.16. The summed E-state index contributed by atoms with van der Waals surface area (Å²) in [5, 5.41) is 7.38. The zero-order chi connectivity index (χ0) is 15.0. The number of benzene rings is 2. The van der Waals surface area contributed by atoms with Crippen molar-refractivity contribution in [2.75, 3.05) is 5.01 Å². The number of hydrogen-bond acceptors (Lipinski definition) is 3. The van der Waals surface area contributed by atoms with Crippen LogP contribution in [0, 0.1) is 6.92 Å². The summed E-state index contributed by atoms with van der Waals surface area (Å²) in [7, 11) is 0. The first kappa shape index (κ1) is 14.2. The van der Waals surface area contributed by atoms with Crippen LogP contribution >= 0.6 is 23.2 Å². The molecule has 2 N–H and O–H groups in total. The first-order chi connectivity index (χ1) is 10.0. The van der Waals surface area contributed by atoms with Crippen LogP contribution in [0.15, 0.2) is 47.6 Å². The molecule has 21 heavy (non-hydrogen) atoms. The third kappa shape index (κ3) is 2.85. The highest BCUT2D eigenvalue weighted by molar-refractivity contribution is 6.42. The Morgan fingerprint density at radius 3 is 2.48 bits per heavy atom. The molecule has 1 atom stereocenters. The largest absolute Gasteiger partial charge is 0.386 e. The van der Waals surface area contributed by atoms with Gasteiger partial charge in [0.2, 0.25) is 0 Å². The summed E-state index contributed by atoms with van der Waals surface area (Å²) in [6.45, 7) is 2.07. The Morgan fingerprint density at radius 2 is 1.81 bits per heavy atom. The monoisotopic (exact) mass is 319 g/mol. The van der Waals surface area contributed by atoms with E-state index in [9.17, 15) is 0 Å². The van der Waals surface area contributed by atoms with Gasteiger partial charge in [-0.25, -0.2) is 0 Å². The first-order valence-corrected chi connectivity index (χ1v) is 7.44. The van der Waals surface area contributed by atoms with Crippen LogP contribution in [0.2, 0.25) is 10.0 Å². The molecule has 0 aliphatic carbocycles. The minimum absolute atomic E-state index is 0.0860. The molecular weight excluding hydrogens is 305 g/mol. The lowest BCUT2D eigenvalue weighted by atomic mass is 10.0. The number of amidine groups is 1. The van der Waals surface area contributed by atoms with Crippen molar-refractivity contribution in [2.45, 2.75) is 19.4 Å². The number of nitrogens with zero attached hydrogens (tertiary/aromatic N) is 2. The molecule has 108 valence electrons. The van der Waals surface area contributed by atoms with Gasteiger partial charge in [-0.15, -0.1) is 0 Å². The van der Waals surface area contributed by atoms with Crippen LogP contribution in [-0.2, 0) is 0 Å². The number of anilines is 1. The molecule has 1 aliphatic rings. The van der Waals surface area contributed by atoms with Crippen molar-refractivity contribution in [1.82, 2.24) is 0 Å². The highest BCUT2D eigenvalue weighted by Gasteiger charge is 2.28. The quantitative estimate of drug-likeness (QED) is 0.883. The van der Waals surface area contributed by atoms with Gasteiger partial charge in [0.1, 0.15) is 5.84 Å². The number of halogens is 2. The van der Waals surface area contributed by atoms with Crippen molar-refractivity contribution >= 4 is 34.7 Å². The molecule has 0 aromatic heterocycles. The van der Waals surface area contributed by atoms with Crippen molar-refractivity contribution in [3.05, 3.63) is 63.6 Å². The third-order valence-electron chi connectivity index (χ3n) is 3.56. The van der Waals surface area contributed by atoms with Crippen LogP contribution < -0.4 is 10.7 Å². The van der Waals surface area contributed by atoms with Gasteiger partial charge in [-0.05, 0) is 30.7 Å². The lowest BCUT2D eigenvalue weighted by Gasteiger charge is -2.24. The van der Waals surface area contributed by atoms with Gasteiger partial charge in [0.25, 0.3) is 0 Å². The Hall–Kier alpha value is -1.71. The molecule has 0 saturated heterocycles. The molecule has 0 radical (unpaired) electrons. The van der Waals surface area contributed by atoms with Gasteiger partial charge in [-0.3, -0.25) is 5.01 Å². The van der Waals surface area contributed by atoms with E-state index in [2.05, 4.69) is 36.3 Å². The SMILES string of the molecule is Cc1ccc(C2CC(N)=NN2c2ccc(Cl)c(Cl)c2)cc1. The highest BCUT2D eigenvalue weighted by Crippen LogP contribution is 2.36. The van der Waals surface area contributed by atoms with E-state index >= 15 is 0 Å². The molecule has 0 bridgehead atoms. The minimum Gasteiger partial charge on any atom is -0.386 e. The van der Waals surface area contributed by atoms with E-state index in [0.717, 1.165) is 5.69 Å². The lowest BCUT2D eigenvalue weighted by Crippen LogP contribution is -2.18. The molecule has 0 saturated carbocycles. The molecule has 1 unspecified atom stereocenters. The van der Waals surface area contributed by atoms with Crippen LogP contribution in [0.1, 0.15) is 23.6 Å². The maximum atomic E-state index is 6.10. The van der Waals surface area contributed by atoms with Crippen LogP contribution in [0.25, 0.3) is 0 Å². The molecule has 0 spiro atoms. The topological polar surface area (TPSA) is 41.6 Å². The van der Waals surface area contributed by atoms with E-state index in [1.54, 1.807) is 6.07 Å². The van der Waals surface area contributed by atoms with Crippen molar-refractivity contribution in [3.8, 4) is 0 Å². The predicted octanol–water partition coefficient (Wildman–Crippen LogP) is 4.53. The summed E-state index contributed by atoms with van der Waals surface area (Å²) in [5.74, 6) is 0.617. The molecule has 5 heteroatoms. The average molecular weight is 320 g/mol. The van der Waals surface area contributed by atoms with E-state index in [4.69, 9.17) is 28.9 Å². The van der Waals surface area contributed by atoms with Crippen LogP contribution in [0.4, 0.5) is 5.69 Å². The Balaban J connectivity index is 1.98. The van der Waals surface area contributed by atoms with Crippen LogP contribution in [0.5, 0.6) is 0 Å². The summed E-state index contributed by atoms with van der Waals surface area (Å²) in [4.78, 5) is 0. The molecule has 2 aromatic carbocycles. The maximum Gasteiger partial charge on any atom is 0.122 e. The average Bonchev–Trinajstić information content (AvgIpc) is 2.85. The smallest absolute Gasteiger partial charge is 0.122 e. The molecular formula is C16H15Cl2N3. The zero-order valence-electron chi connectivity index (χ0n) is 11.6. The summed E-state index contributed by atoms with van der Waals surface area (Å²) < 4.78 is 0. The number of aryl methyl sites for hydroxylation is 1. The Kier molecular flexibility index (Phi) is 3.79. The maximum absolute atomic E-state index is 6.10. The molecule has 0 amide bonds. The van der Waals surface area contributed by atoms with E-state index in [1.165, 1.54) is 11.1 Å². The molecule has 3 rings (SSSR count). The second-order valence-corrected chi connectivity index (χ2v) is 5.98. The molecule has 0 fully saturated rings. The minimum atomic E-state index is 0.0860. The van der Waals surface area contributed by atoms with E-state index in [-0.39, 0.29) is 6.04 Å². The molecule has 1 aliphatic heterocycles. The number of hydrazone groups is 1.